The Morgan fingerprint density at radius 1 is 1.12 bits per heavy atom. The molecule has 1 saturated carbocycles. The summed E-state index contributed by atoms with van der Waals surface area (Å²) in [5.74, 6) is 1.71. The number of aryl methyl sites for hydroxylation is 1. The third-order valence-electron chi connectivity index (χ3n) is 4.69. The molecular weight excluding hydrogens is 206 g/mol. The molecule has 2 aliphatic rings. The Hall–Kier alpha value is -0.820. The highest BCUT2D eigenvalue weighted by atomic mass is 14.6. The van der Waals surface area contributed by atoms with Crippen LogP contribution in [0.15, 0.2) is 24.3 Å². The summed E-state index contributed by atoms with van der Waals surface area (Å²) in [5, 5.41) is 0. The van der Waals surface area contributed by atoms with Crippen molar-refractivity contribution in [2.75, 3.05) is 0 Å². The summed E-state index contributed by atoms with van der Waals surface area (Å²) in [4.78, 5) is 0. The van der Waals surface area contributed by atoms with Gasteiger partial charge in [0.1, 0.15) is 0 Å². The fourth-order valence-electron chi connectivity index (χ4n) is 3.83. The number of fused-ring (bicyclic) bond motifs is 1. The van der Waals surface area contributed by atoms with Gasteiger partial charge in [-0.15, -0.1) is 0 Å². The van der Waals surface area contributed by atoms with Crippen LogP contribution in [-0.4, -0.2) is 6.04 Å². The summed E-state index contributed by atoms with van der Waals surface area (Å²) < 4.78 is 0. The van der Waals surface area contributed by atoms with Gasteiger partial charge < -0.3 is 5.73 Å². The Kier molecular flexibility index (Phi) is 3.19. The first kappa shape index (κ1) is 11.3. The zero-order valence-corrected chi connectivity index (χ0v) is 10.6. The monoisotopic (exact) mass is 229 g/mol. The average molecular weight is 229 g/mol. The van der Waals surface area contributed by atoms with E-state index in [1.54, 1.807) is 11.1 Å². The van der Waals surface area contributed by atoms with Crippen molar-refractivity contribution in [3.8, 4) is 0 Å². The molecule has 1 heteroatoms. The van der Waals surface area contributed by atoms with Crippen LogP contribution in [-0.2, 0) is 6.42 Å². The third-order valence-corrected chi connectivity index (χ3v) is 4.69. The van der Waals surface area contributed by atoms with Crippen LogP contribution in [0.2, 0.25) is 0 Å². The minimum absolute atomic E-state index is 0.485. The molecule has 1 aromatic rings. The molecule has 17 heavy (non-hydrogen) atoms. The standard InChI is InChI=1S/C16H23N/c17-15-9-8-12(11-15)10-14-6-3-5-13-4-1-2-7-16(13)14/h1-2,4,7,12,14-15H,3,5-6,8-11,17H2. The fourth-order valence-corrected chi connectivity index (χ4v) is 3.83. The molecule has 2 aliphatic carbocycles. The Labute approximate surface area is 104 Å². The van der Waals surface area contributed by atoms with Crippen molar-refractivity contribution in [3.63, 3.8) is 0 Å². The van der Waals surface area contributed by atoms with Crippen LogP contribution >= 0.6 is 0 Å². The lowest BCUT2D eigenvalue weighted by Gasteiger charge is -2.27. The van der Waals surface area contributed by atoms with Crippen LogP contribution in [0.3, 0.4) is 0 Å². The second-order valence-corrected chi connectivity index (χ2v) is 5.96. The molecule has 2 N–H and O–H groups in total. The van der Waals surface area contributed by atoms with Gasteiger partial charge in [-0.1, -0.05) is 24.3 Å². The van der Waals surface area contributed by atoms with Crippen molar-refractivity contribution < 1.29 is 0 Å². The van der Waals surface area contributed by atoms with Crippen molar-refractivity contribution in [1.82, 2.24) is 0 Å². The molecular formula is C16H23N. The zero-order chi connectivity index (χ0) is 11.7. The van der Waals surface area contributed by atoms with E-state index >= 15 is 0 Å². The van der Waals surface area contributed by atoms with E-state index in [-0.39, 0.29) is 0 Å². The van der Waals surface area contributed by atoms with E-state index in [9.17, 15) is 0 Å². The number of rotatable bonds is 2. The maximum absolute atomic E-state index is 6.02. The normalized spacial score (nSPS) is 32.4. The minimum Gasteiger partial charge on any atom is -0.328 e. The van der Waals surface area contributed by atoms with E-state index < -0.39 is 0 Å². The number of nitrogens with two attached hydrogens (primary N) is 1. The van der Waals surface area contributed by atoms with Crippen LogP contribution in [0, 0.1) is 5.92 Å². The quantitative estimate of drug-likeness (QED) is 0.823. The Morgan fingerprint density at radius 3 is 2.82 bits per heavy atom. The van der Waals surface area contributed by atoms with E-state index in [1.807, 2.05) is 0 Å². The summed E-state index contributed by atoms with van der Waals surface area (Å²) in [6.45, 7) is 0. The molecule has 1 nitrogen and oxygen atoms in total. The van der Waals surface area contributed by atoms with E-state index in [0.29, 0.717) is 6.04 Å². The second kappa shape index (κ2) is 4.81. The van der Waals surface area contributed by atoms with Crippen LogP contribution in [0.25, 0.3) is 0 Å². The molecule has 0 heterocycles. The minimum atomic E-state index is 0.485. The lowest BCUT2D eigenvalue weighted by atomic mass is 9.78. The fraction of sp³-hybridized carbons (Fsp3) is 0.625. The molecule has 0 bridgehead atoms. The van der Waals surface area contributed by atoms with Crippen molar-refractivity contribution >= 4 is 0 Å². The molecule has 0 spiro atoms. The highest BCUT2D eigenvalue weighted by Gasteiger charge is 2.27. The van der Waals surface area contributed by atoms with E-state index in [2.05, 4.69) is 24.3 Å². The molecule has 0 saturated heterocycles. The smallest absolute Gasteiger partial charge is 0.00415 e. The van der Waals surface area contributed by atoms with Gasteiger partial charge in [0.15, 0.2) is 0 Å². The van der Waals surface area contributed by atoms with E-state index in [0.717, 1.165) is 11.8 Å². The molecule has 3 rings (SSSR count). The van der Waals surface area contributed by atoms with Gasteiger partial charge in [0, 0.05) is 6.04 Å². The first-order valence-corrected chi connectivity index (χ1v) is 7.16. The number of hydrogen-bond acceptors (Lipinski definition) is 1. The van der Waals surface area contributed by atoms with Crippen molar-refractivity contribution in [2.45, 2.75) is 56.9 Å². The van der Waals surface area contributed by atoms with Crippen LogP contribution in [0.4, 0.5) is 0 Å². The van der Waals surface area contributed by atoms with E-state index in [4.69, 9.17) is 5.73 Å². The molecule has 92 valence electrons. The lowest BCUT2D eigenvalue weighted by molar-refractivity contribution is 0.406. The molecule has 3 atom stereocenters. The molecule has 1 fully saturated rings. The maximum atomic E-state index is 6.02. The highest BCUT2D eigenvalue weighted by molar-refractivity contribution is 5.32. The molecule has 0 aliphatic heterocycles. The molecule has 3 unspecified atom stereocenters. The number of hydrogen-bond donors (Lipinski definition) is 1. The van der Waals surface area contributed by atoms with Crippen LogP contribution in [0.5, 0.6) is 0 Å². The first-order valence-electron chi connectivity index (χ1n) is 7.16. The highest BCUT2D eigenvalue weighted by Crippen LogP contribution is 2.39. The largest absolute Gasteiger partial charge is 0.328 e. The average Bonchev–Trinajstić information content (AvgIpc) is 2.75. The van der Waals surface area contributed by atoms with E-state index in [1.165, 1.54) is 44.9 Å². The predicted molar refractivity (Wildman–Crippen MR) is 72.1 cm³/mol. The first-order chi connectivity index (χ1) is 8.33. The Bertz CT molecular complexity index is 385. The zero-order valence-electron chi connectivity index (χ0n) is 10.6. The van der Waals surface area contributed by atoms with Crippen molar-refractivity contribution in [2.24, 2.45) is 11.7 Å². The van der Waals surface area contributed by atoms with Gasteiger partial charge in [0.05, 0.1) is 0 Å². The van der Waals surface area contributed by atoms with Crippen molar-refractivity contribution in [1.29, 1.82) is 0 Å². The third kappa shape index (κ3) is 2.40. The van der Waals surface area contributed by atoms with Crippen LogP contribution < -0.4 is 5.73 Å². The second-order valence-electron chi connectivity index (χ2n) is 5.96. The Balaban J connectivity index is 1.72. The molecule has 0 amide bonds. The van der Waals surface area contributed by atoms with Gasteiger partial charge >= 0.3 is 0 Å². The van der Waals surface area contributed by atoms with Gasteiger partial charge in [-0.3, -0.25) is 0 Å². The number of benzene rings is 1. The summed E-state index contributed by atoms with van der Waals surface area (Å²) in [5.41, 5.74) is 9.27. The summed E-state index contributed by atoms with van der Waals surface area (Å²) in [6.07, 6.45) is 9.31. The topological polar surface area (TPSA) is 26.0 Å². The molecule has 1 aromatic carbocycles. The van der Waals surface area contributed by atoms with Crippen molar-refractivity contribution in [3.05, 3.63) is 35.4 Å². The van der Waals surface area contributed by atoms with Gasteiger partial charge in [0.25, 0.3) is 0 Å². The summed E-state index contributed by atoms with van der Waals surface area (Å²) >= 11 is 0. The predicted octanol–water partition coefficient (Wildman–Crippen LogP) is 3.62. The maximum Gasteiger partial charge on any atom is 0.00415 e. The summed E-state index contributed by atoms with van der Waals surface area (Å²) in [6, 6.07) is 9.55. The van der Waals surface area contributed by atoms with Gasteiger partial charge in [-0.05, 0) is 67.9 Å². The van der Waals surface area contributed by atoms with Gasteiger partial charge in [-0.2, -0.15) is 0 Å². The van der Waals surface area contributed by atoms with Crippen LogP contribution in [0.1, 0.15) is 55.6 Å². The Morgan fingerprint density at radius 2 is 2.00 bits per heavy atom. The van der Waals surface area contributed by atoms with Gasteiger partial charge in [0.2, 0.25) is 0 Å². The molecule has 0 radical (unpaired) electrons. The lowest BCUT2D eigenvalue weighted by Crippen LogP contribution is -2.16. The van der Waals surface area contributed by atoms with Gasteiger partial charge in [-0.25, -0.2) is 0 Å². The SMILES string of the molecule is NC1CCC(CC2CCCc3ccccc32)C1. The summed E-state index contributed by atoms with van der Waals surface area (Å²) in [7, 11) is 0. The molecule has 0 aromatic heterocycles.